The van der Waals surface area contributed by atoms with Crippen LogP contribution in [0.15, 0.2) is 29.2 Å². The van der Waals surface area contributed by atoms with Crippen molar-refractivity contribution in [1.82, 2.24) is 10.2 Å². The number of halogens is 1. The molecule has 1 atom stereocenters. The summed E-state index contributed by atoms with van der Waals surface area (Å²) in [6, 6.07) is 6.23. The molecule has 0 aliphatic heterocycles. The van der Waals surface area contributed by atoms with Crippen LogP contribution in [0.5, 0.6) is 0 Å². The first-order valence-corrected chi connectivity index (χ1v) is 7.14. The summed E-state index contributed by atoms with van der Waals surface area (Å²) in [6.07, 6.45) is 0. The Balaban J connectivity index is 0.00000400. The maximum Gasteiger partial charge on any atom is 0.269 e. The van der Waals surface area contributed by atoms with E-state index in [0.29, 0.717) is 6.54 Å². The number of carbonyl (C=O) groups excluding carboxylic acids is 1. The van der Waals surface area contributed by atoms with Gasteiger partial charge in [-0.25, -0.2) is 0 Å². The monoisotopic (exact) mass is 333 g/mol. The molecule has 118 valence electrons. The zero-order valence-corrected chi connectivity index (χ0v) is 13.9. The van der Waals surface area contributed by atoms with Crippen LogP contribution in [0.4, 0.5) is 5.69 Å². The van der Waals surface area contributed by atoms with Gasteiger partial charge < -0.3 is 10.2 Å². The van der Waals surface area contributed by atoms with Crippen LogP contribution in [0.1, 0.15) is 6.92 Å². The highest BCUT2D eigenvalue weighted by molar-refractivity contribution is 8.00. The normalized spacial score (nSPS) is 11.4. The van der Waals surface area contributed by atoms with E-state index in [1.54, 1.807) is 24.1 Å². The fourth-order valence-corrected chi connectivity index (χ4v) is 2.58. The highest BCUT2D eigenvalue weighted by Crippen LogP contribution is 2.26. The lowest BCUT2D eigenvalue weighted by atomic mass is 10.3. The first-order chi connectivity index (χ1) is 9.45. The van der Waals surface area contributed by atoms with Gasteiger partial charge in [0, 0.05) is 37.2 Å². The number of hydrogen-bond donors (Lipinski definition) is 1. The van der Waals surface area contributed by atoms with Gasteiger partial charge in [0.1, 0.15) is 0 Å². The SMILES string of the molecule is CNCCN(C)C(=O)C(C)Sc1ccc([N+](=O)[O-])cc1.Cl. The topological polar surface area (TPSA) is 75.5 Å². The number of nitro groups is 1. The number of carbonyl (C=O) groups is 1. The lowest BCUT2D eigenvalue weighted by Gasteiger charge is -2.20. The van der Waals surface area contributed by atoms with Gasteiger partial charge in [-0.2, -0.15) is 0 Å². The fourth-order valence-electron chi connectivity index (χ4n) is 1.60. The number of likely N-dealkylation sites (N-methyl/N-ethyl adjacent to an activating group) is 2. The number of nitrogens with one attached hydrogen (secondary N) is 1. The molecule has 6 nitrogen and oxygen atoms in total. The molecule has 0 spiro atoms. The second-order valence-electron chi connectivity index (χ2n) is 4.37. The molecular formula is C13H20ClN3O3S. The number of amides is 1. The summed E-state index contributed by atoms with van der Waals surface area (Å²) in [4.78, 5) is 24.8. The van der Waals surface area contributed by atoms with Crippen LogP contribution in [0.3, 0.4) is 0 Å². The molecule has 0 fully saturated rings. The Bertz CT molecular complexity index is 470. The molecule has 1 rings (SSSR count). The molecule has 8 heteroatoms. The lowest BCUT2D eigenvalue weighted by molar-refractivity contribution is -0.384. The fraction of sp³-hybridized carbons (Fsp3) is 0.462. The molecule has 0 radical (unpaired) electrons. The first-order valence-electron chi connectivity index (χ1n) is 6.26. The minimum Gasteiger partial charge on any atom is -0.344 e. The number of thioether (sulfide) groups is 1. The second-order valence-corrected chi connectivity index (χ2v) is 5.79. The Morgan fingerprint density at radius 3 is 2.48 bits per heavy atom. The Hall–Kier alpha value is -1.31. The van der Waals surface area contributed by atoms with Crippen molar-refractivity contribution in [2.24, 2.45) is 0 Å². The van der Waals surface area contributed by atoms with E-state index in [-0.39, 0.29) is 29.3 Å². The third-order valence-electron chi connectivity index (χ3n) is 2.78. The summed E-state index contributed by atoms with van der Waals surface area (Å²) in [5.74, 6) is 0.0450. The van der Waals surface area contributed by atoms with E-state index in [9.17, 15) is 14.9 Å². The largest absolute Gasteiger partial charge is 0.344 e. The third kappa shape index (κ3) is 6.33. The first kappa shape index (κ1) is 19.7. The zero-order valence-electron chi connectivity index (χ0n) is 12.2. The maximum absolute atomic E-state index is 12.1. The molecule has 1 unspecified atom stereocenters. The Labute approximate surface area is 134 Å². The predicted molar refractivity (Wildman–Crippen MR) is 87.2 cm³/mol. The number of nitrogens with zero attached hydrogens (tertiary/aromatic N) is 2. The third-order valence-corrected chi connectivity index (χ3v) is 3.88. The van der Waals surface area contributed by atoms with Gasteiger partial charge in [-0.05, 0) is 26.1 Å². The Morgan fingerprint density at radius 1 is 1.43 bits per heavy atom. The van der Waals surface area contributed by atoms with Crippen molar-refractivity contribution >= 4 is 35.8 Å². The summed E-state index contributed by atoms with van der Waals surface area (Å²) in [6.45, 7) is 3.24. The summed E-state index contributed by atoms with van der Waals surface area (Å²) in [7, 11) is 3.61. The summed E-state index contributed by atoms with van der Waals surface area (Å²) < 4.78 is 0. The van der Waals surface area contributed by atoms with Crippen LogP contribution in [-0.2, 0) is 4.79 Å². The van der Waals surface area contributed by atoms with Crippen LogP contribution >= 0.6 is 24.2 Å². The van der Waals surface area contributed by atoms with E-state index in [0.717, 1.165) is 11.4 Å². The van der Waals surface area contributed by atoms with E-state index in [2.05, 4.69) is 5.32 Å². The molecule has 1 aromatic carbocycles. The smallest absolute Gasteiger partial charge is 0.269 e. The highest BCUT2D eigenvalue weighted by Gasteiger charge is 2.18. The number of rotatable bonds is 7. The van der Waals surface area contributed by atoms with Gasteiger partial charge in [0.25, 0.3) is 5.69 Å². The van der Waals surface area contributed by atoms with Gasteiger partial charge in [-0.3, -0.25) is 14.9 Å². The minimum atomic E-state index is -0.436. The quantitative estimate of drug-likeness (QED) is 0.470. The number of non-ortho nitro benzene ring substituents is 1. The molecule has 1 aromatic rings. The van der Waals surface area contributed by atoms with Crippen molar-refractivity contribution in [2.75, 3.05) is 27.2 Å². The molecule has 0 aromatic heterocycles. The van der Waals surface area contributed by atoms with E-state index in [1.165, 1.54) is 23.9 Å². The predicted octanol–water partition coefficient (Wildman–Crippen LogP) is 2.18. The van der Waals surface area contributed by atoms with E-state index in [1.807, 2.05) is 14.0 Å². The van der Waals surface area contributed by atoms with Gasteiger partial charge >= 0.3 is 0 Å². The molecular weight excluding hydrogens is 314 g/mol. The van der Waals surface area contributed by atoms with Crippen LogP contribution in [0, 0.1) is 10.1 Å². The Kier molecular flexibility index (Phi) is 9.00. The van der Waals surface area contributed by atoms with Crippen molar-refractivity contribution in [1.29, 1.82) is 0 Å². The zero-order chi connectivity index (χ0) is 15.1. The minimum absolute atomic E-state index is 0. The van der Waals surface area contributed by atoms with E-state index in [4.69, 9.17) is 0 Å². The summed E-state index contributed by atoms with van der Waals surface area (Å²) in [5, 5.41) is 13.3. The summed E-state index contributed by atoms with van der Waals surface area (Å²) >= 11 is 1.40. The van der Waals surface area contributed by atoms with Gasteiger partial charge in [0.05, 0.1) is 10.2 Å². The molecule has 0 aliphatic carbocycles. The van der Waals surface area contributed by atoms with Gasteiger partial charge in [-0.1, -0.05) is 0 Å². The van der Waals surface area contributed by atoms with Crippen LogP contribution in [-0.4, -0.2) is 48.2 Å². The standard InChI is InChI=1S/C13H19N3O3S.ClH/c1-10(13(17)15(3)9-8-14-2)20-12-6-4-11(5-7-12)16(18)19;/h4-7,10,14H,8-9H2,1-3H3;1H. The van der Waals surface area contributed by atoms with E-state index >= 15 is 0 Å². The molecule has 0 bridgehead atoms. The van der Waals surface area contributed by atoms with Crippen molar-refractivity contribution in [3.8, 4) is 0 Å². The molecule has 1 amide bonds. The highest BCUT2D eigenvalue weighted by atomic mass is 35.5. The van der Waals surface area contributed by atoms with Gasteiger partial charge in [-0.15, -0.1) is 24.2 Å². The summed E-state index contributed by atoms with van der Waals surface area (Å²) in [5.41, 5.74) is 0.0551. The van der Waals surface area contributed by atoms with Crippen molar-refractivity contribution in [3.05, 3.63) is 34.4 Å². The molecule has 21 heavy (non-hydrogen) atoms. The van der Waals surface area contributed by atoms with Crippen molar-refractivity contribution in [2.45, 2.75) is 17.1 Å². The molecule has 1 N–H and O–H groups in total. The van der Waals surface area contributed by atoms with Crippen molar-refractivity contribution in [3.63, 3.8) is 0 Å². The van der Waals surface area contributed by atoms with Crippen LogP contribution in [0.25, 0.3) is 0 Å². The number of nitro benzene ring substituents is 1. The average Bonchev–Trinajstić information content (AvgIpc) is 2.44. The second kappa shape index (κ2) is 9.59. The average molecular weight is 334 g/mol. The molecule has 0 aliphatic rings. The molecule has 0 saturated carbocycles. The van der Waals surface area contributed by atoms with Crippen molar-refractivity contribution < 1.29 is 9.72 Å². The number of hydrogen-bond acceptors (Lipinski definition) is 5. The molecule has 0 saturated heterocycles. The van der Waals surface area contributed by atoms with E-state index < -0.39 is 4.92 Å². The van der Waals surface area contributed by atoms with Crippen LogP contribution in [0.2, 0.25) is 0 Å². The lowest BCUT2D eigenvalue weighted by Crippen LogP contribution is -2.37. The number of benzene rings is 1. The van der Waals surface area contributed by atoms with Crippen LogP contribution < -0.4 is 5.32 Å². The maximum atomic E-state index is 12.1. The van der Waals surface area contributed by atoms with Gasteiger partial charge in [0.15, 0.2) is 0 Å². The Morgan fingerprint density at radius 2 is 2.00 bits per heavy atom. The molecule has 0 heterocycles. The van der Waals surface area contributed by atoms with Gasteiger partial charge in [0.2, 0.25) is 5.91 Å².